The van der Waals surface area contributed by atoms with E-state index < -0.39 is 6.10 Å². The van der Waals surface area contributed by atoms with Gasteiger partial charge in [0.05, 0.1) is 7.11 Å². The Balaban J connectivity index is 1.41. The summed E-state index contributed by atoms with van der Waals surface area (Å²) in [4.78, 5) is 4.71. The van der Waals surface area contributed by atoms with Crippen LogP contribution in [-0.4, -0.2) is 80.5 Å². The van der Waals surface area contributed by atoms with Crippen LogP contribution in [0.1, 0.15) is 18.1 Å². The van der Waals surface area contributed by atoms with E-state index in [-0.39, 0.29) is 12.4 Å². The lowest BCUT2D eigenvalue weighted by molar-refractivity contribution is 0.0464. The van der Waals surface area contributed by atoms with E-state index in [0.717, 1.165) is 56.8 Å². The topological polar surface area (TPSA) is 57.2 Å². The lowest BCUT2D eigenvalue weighted by Crippen LogP contribution is -2.49. The molecule has 7 heteroatoms. The minimum Gasteiger partial charge on any atom is -0.493 e. The molecule has 6 nitrogen and oxygen atoms in total. The first-order valence-corrected chi connectivity index (χ1v) is 11.4. The number of benzene rings is 2. The highest BCUT2D eigenvalue weighted by atomic mass is 19.1. The predicted molar refractivity (Wildman–Crippen MR) is 125 cm³/mol. The Bertz CT molecular complexity index is 828. The monoisotopic (exact) mass is 445 g/mol. The number of hydrogen-bond donors (Lipinski definition) is 2. The third kappa shape index (κ3) is 7.74. The molecule has 0 amide bonds. The lowest BCUT2D eigenvalue weighted by Gasteiger charge is -2.34. The molecule has 0 bridgehead atoms. The van der Waals surface area contributed by atoms with Gasteiger partial charge in [-0.05, 0) is 54.9 Å². The smallest absolute Gasteiger partial charge is 0.161 e. The summed E-state index contributed by atoms with van der Waals surface area (Å²) in [5.41, 5.74) is 2.05. The number of halogens is 1. The van der Waals surface area contributed by atoms with Crippen LogP contribution in [0.3, 0.4) is 0 Å². The van der Waals surface area contributed by atoms with Gasteiger partial charge in [0.25, 0.3) is 0 Å². The summed E-state index contributed by atoms with van der Waals surface area (Å²) in [6, 6.07) is 12.5. The minimum absolute atomic E-state index is 0.202. The average Bonchev–Trinajstić information content (AvgIpc) is 2.81. The SMILES string of the molecule is CCN1CCN(C[C@H](O)COc2ccc(CNCCc3cccc(F)c3)cc2OC)CC1. The molecule has 0 radical (unpaired) electrons. The van der Waals surface area contributed by atoms with Crippen molar-refractivity contribution in [2.75, 3.05) is 59.5 Å². The number of rotatable bonds is 12. The summed E-state index contributed by atoms with van der Waals surface area (Å²) in [5, 5.41) is 13.8. The molecule has 3 rings (SSSR count). The fourth-order valence-corrected chi connectivity index (χ4v) is 3.92. The number of β-amino-alcohol motifs (C(OH)–C–C–N with tert-alkyl or cyclic N) is 1. The molecule has 1 atom stereocenters. The van der Waals surface area contributed by atoms with Crippen LogP contribution >= 0.6 is 0 Å². The van der Waals surface area contributed by atoms with Gasteiger partial charge in [0.15, 0.2) is 11.5 Å². The van der Waals surface area contributed by atoms with E-state index in [9.17, 15) is 9.50 Å². The van der Waals surface area contributed by atoms with Gasteiger partial charge in [0.1, 0.15) is 18.5 Å². The van der Waals surface area contributed by atoms with Crippen LogP contribution in [0.4, 0.5) is 4.39 Å². The Morgan fingerprint density at radius 2 is 1.81 bits per heavy atom. The van der Waals surface area contributed by atoms with E-state index in [1.54, 1.807) is 19.2 Å². The van der Waals surface area contributed by atoms with Crippen molar-refractivity contribution in [1.82, 2.24) is 15.1 Å². The second-order valence-corrected chi connectivity index (χ2v) is 8.24. The third-order valence-corrected chi connectivity index (χ3v) is 5.85. The van der Waals surface area contributed by atoms with Crippen molar-refractivity contribution in [3.05, 3.63) is 59.4 Å². The van der Waals surface area contributed by atoms with Gasteiger partial charge in [-0.15, -0.1) is 0 Å². The largest absolute Gasteiger partial charge is 0.493 e. The van der Waals surface area contributed by atoms with E-state index in [1.807, 2.05) is 24.3 Å². The number of aliphatic hydroxyl groups excluding tert-OH is 1. The zero-order chi connectivity index (χ0) is 22.8. The molecule has 1 saturated heterocycles. The van der Waals surface area contributed by atoms with E-state index >= 15 is 0 Å². The molecule has 1 heterocycles. The Morgan fingerprint density at radius 3 is 2.53 bits per heavy atom. The summed E-state index contributed by atoms with van der Waals surface area (Å²) in [6.45, 7) is 9.61. The predicted octanol–water partition coefficient (Wildman–Crippen LogP) is 2.54. The van der Waals surface area contributed by atoms with Crippen LogP contribution in [0.15, 0.2) is 42.5 Å². The van der Waals surface area contributed by atoms with Crippen LogP contribution in [0.2, 0.25) is 0 Å². The van der Waals surface area contributed by atoms with Gasteiger partial charge in [-0.2, -0.15) is 0 Å². The summed E-state index contributed by atoms with van der Waals surface area (Å²) in [5.74, 6) is 1.08. The van der Waals surface area contributed by atoms with E-state index in [1.165, 1.54) is 6.07 Å². The fourth-order valence-electron chi connectivity index (χ4n) is 3.92. The van der Waals surface area contributed by atoms with Crippen molar-refractivity contribution in [3.8, 4) is 11.5 Å². The van der Waals surface area contributed by atoms with E-state index in [4.69, 9.17) is 9.47 Å². The van der Waals surface area contributed by atoms with Gasteiger partial charge >= 0.3 is 0 Å². The number of likely N-dealkylation sites (N-methyl/N-ethyl adjacent to an activating group) is 1. The van der Waals surface area contributed by atoms with Gasteiger partial charge in [0, 0.05) is 39.3 Å². The first-order chi connectivity index (χ1) is 15.6. The maximum atomic E-state index is 13.3. The number of ether oxygens (including phenoxy) is 2. The van der Waals surface area contributed by atoms with Crippen LogP contribution in [0.5, 0.6) is 11.5 Å². The zero-order valence-corrected chi connectivity index (χ0v) is 19.2. The lowest BCUT2D eigenvalue weighted by atomic mass is 10.1. The van der Waals surface area contributed by atoms with Gasteiger partial charge in [0.2, 0.25) is 0 Å². The van der Waals surface area contributed by atoms with Crippen molar-refractivity contribution in [2.45, 2.75) is 26.0 Å². The van der Waals surface area contributed by atoms with Crippen molar-refractivity contribution in [1.29, 1.82) is 0 Å². The molecule has 1 aliphatic heterocycles. The molecule has 2 aromatic carbocycles. The Labute approximate surface area is 190 Å². The standard InChI is InChI=1S/C25H36FN3O3/c1-3-28-11-13-29(14-12-28)18-23(30)19-32-24-8-7-21(16-25(24)31-2)17-27-10-9-20-5-4-6-22(26)15-20/h4-8,15-16,23,27,30H,3,9-14,17-19H2,1-2H3/t23-/m0/s1. The van der Waals surface area contributed by atoms with Gasteiger partial charge in [-0.1, -0.05) is 25.1 Å². The molecule has 0 aliphatic carbocycles. The molecular formula is C25H36FN3O3. The second kappa shape index (κ2) is 12.7. The highest BCUT2D eigenvalue weighted by Crippen LogP contribution is 2.28. The fraction of sp³-hybridized carbons (Fsp3) is 0.520. The van der Waals surface area contributed by atoms with Gasteiger partial charge in [-0.25, -0.2) is 4.39 Å². The van der Waals surface area contributed by atoms with Crippen molar-refractivity contribution < 1.29 is 19.0 Å². The average molecular weight is 446 g/mol. The molecule has 0 aromatic heterocycles. The molecular weight excluding hydrogens is 409 g/mol. The quantitative estimate of drug-likeness (QED) is 0.490. The maximum absolute atomic E-state index is 13.3. The van der Waals surface area contributed by atoms with Crippen molar-refractivity contribution in [2.24, 2.45) is 0 Å². The third-order valence-electron chi connectivity index (χ3n) is 5.85. The molecule has 0 spiro atoms. The molecule has 2 N–H and O–H groups in total. The molecule has 1 aliphatic rings. The molecule has 32 heavy (non-hydrogen) atoms. The van der Waals surface area contributed by atoms with E-state index in [2.05, 4.69) is 22.0 Å². The first-order valence-electron chi connectivity index (χ1n) is 11.4. The van der Waals surface area contributed by atoms with Gasteiger partial charge in [-0.3, -0.25) is 4.90 Å². The minimum atomic E-state index is -0.544. The number of methoxy groups -OCH3 is 1. The molecule has 0 unspecified atom stereocenters. The van der Waals surface area contributed by atoms with Crippen LogP contribution in [0, 0.1) is 5.82 Å². The summed E-state index contributed by atoms with van der Waals surface area (Å²) in [6.07, 6.45) is 0.221. The van der Waals surface area contributed by atoms with Crippen LogP contribution < -0.4 is 14.8 Å². The molecule has 0 saturated carbocycles. The highest BCUT2D eigenvalue weighted by Gasteiger charge is 2.19. The zero-order valence-electron chi connectivity index (χ0n) is 19.2. The second-order valence-electron chi connectivity index (χ2n) is 8.24. The summed E-state index contributed by atoms with van der Waals surface area (Å²) >= 11 is 0. The molecule has 1 fully saturated rings. The summed E-state index contributed by atoms with van der Waals surface area (Å²) < 4.78 is 24.6. The Hall–Kier alpha value is -2.19. The Kier molecular flexibility index (Phi) is 9.74. The summed E-state index contributed by atoms with van der Waals surface area (Å²) in [7, 11) is 1.62. The highest BCUT2D eigenvalue weighted by molar-refractivity contribution is 5.43. The number of piperazine rings is 1. The number of hydrogen-bond acceptors (Lipinski definition) is 6. The van der Waals surface area contributed by atoms with Crippen LogP contribution in [-0.2, 0) is 13.0 Å². The normalized spacial score (nSPS) is 16.1. The molecule has 2 aromatic rings. The molecule has 176 valence electrons. The van der Waals surface area contributed by atoms with Gasteiger partial charge < -0.3 is 24.8 Å². The van der Waals surface area contributed by atoms with Crippen molar-refractivity contribution in [3.63, 3.8) is 0 Å². The number of aliphatic hydroxyl groups is 1. The van der Waals surface area contributed by atoms with Crippen LogP contribution in [0.25, 0.3) is 0 Å². The Morgan fingerprint density at radius 1 is 1.03 bits per heavy atom. The number of nitrogens with one attached hydrogen (secondary N) is 1. The first kappa shape index (κ1) is 24.5. The van der Waals surface area contributed by atoms with Crippen molar-refractivity contribution >= 4 is 0 Å². The van der Waals surface area contributed by atoms with E-state index in [0.29, 0.717) is 24.6 Å². The number of nitrogens with zero attached hydrogens (tertiary/aromatic N) is 2. The maximum Gasteiger partial charge on any atom is 0.161 e.